The lowest BCUT2D eigenvalue weighted by Gasteiger charge is -2.21. The zero-order valence-electron chi connectivity index (χ0n) is 22.7. The zero-order valence-corrected chi connectivity index (χ0v) is 22.7. The van der Waals surface area contributed by atoms with Crippen molar-refractivity contribution in [2.45, 2.75) is 27.7 Å². The number of ether oxygens (including phenoxy) is 6. The summed E-state index contributed by atoms with van der Waals surface area (Å²) in [7, 11) is 6.30. The minimum atomic E-state index is -0.459. The van der Waals surface area contributed by atoms with Gasteiger partial charge in [0.15, 0.2) is 0 Å². The van der Waals surface area contributed by atoms with Gasteiger partial charge < -0.3 is 28.4 Å². The first kappa shape index (κ1) is 26.6. The Morgan fingerprint density at radius 1 is 0.526 bits per heavy atom. The van der Waals surface area contributed by atoms with Gasteiger partial charge >= 0.3 is 11.9 Å². The van der Waals surface area contributed by atoms with Gasteiger partial charge in [-0.05, 0) is 72.5 Å². The molecule has 0 saturated heterocycles. The average molecular weight is 519 g/mol. The summed E-state index contributed by atoms with van der Waals surface area (Å²) in [5.74, 6) is 2.02. The van der Waals surface area contributed by atoms with Gasteiger partial charge in [-0.25, -0.2) is 0 Å². The van der Waals surface area contributed by atoms with Crippen molar-refractivity contribution in [3.63, 3.8) is 0 Å². The zero-order chi connectivity index (χ0) is 27.7. The lowest BCUT2D eigenvalue weighted by atomic mass is 9.90. The molecule has 0 radical (unpaired) electrons. The Morgan fingerprint density at radius 3 is 1.18 bits per heavy atom. The third kappa shape index (κ3) is 4.42. The normalized spacial score (nSPS) is 10.8. The molecule has 0 amide bonds. The Kier molecular flexibility index (Phi) is 7.35. The van der Waals surface area contributed by atoms with E-state index in [0.717, 1.165) is 22.3 Å². The molecule has 4 aromatic rings. The Hall–Kier alpha value is -4.46. The molecule has 0 saturated carbocycles. The Balaban J connectivity index is 2.25. The third-order valence-electron chi connectivity index (χ3n) is 6.34. The van der Waals surface area contributed by atoms with Gasteiger partial charge in [-0.1, -0.05) is 0 Å². The summed E-state index contributed by atoms with van der Waals surface area (Å²) in [4.78, 5) is 23.9. The Labute approximate surface area is 221 Å². The average Bonchev–Trinajstić information content (AvgIpc) is 2.87. The Bertz CT molecular complexity index is 1470. The first-order valence-corrected chi connectivity index (χ1v) is 11.9. The highest BCUT2D eigenvalue weighted by atomic mass is 16.5. The van der Waals surface area contributed by atoms with E-state index in [1.54, 1.807) is 40.6 Å². The molecule has 8 heteroatoms. The van der Waals surface area contributed by atoms with Gasteiger partial charge in [0, 0.05) is 24.6 Å². The fraction of sp³-hybridized carbons (Fsp3) is 0.267. The van der Waals surface area contributed by atoms with Crippen molar-refractivity contribution >= 4 is 33.5 Å². The van der Waals surface area contributed by atoms with E-state index in [2.05, 4.69) is 0 Å². The van der Waals surface area contributed by atoms with Crippen LogP contribution in [0.4, 0.5) is 0 Å². The van der Waals surface area contributed by atoms with Crippen molar-refractivity contribution in [2.24, 2.45) is 0 Å². The van der Waals surface area contributed by atoms with E-state index in [9.17, 15) is 9.59 Å². The lowest BCUT2D eigenvalue weighted by Crippen LogP contribution is -2.05. The summed E-state index contributed by atoms with van der Waals surface area (Å²) in [5.41, 5.74) is 3.14. The number of hydrogen-bond acceptors (Lipinski definition) is 8. The smallest absolute Gasteiger partial charge is 0.308 e. The van der Waals surface area contributed by atoms with Crippen LogP contribution in [0.3, 0.4) is 0 Å². The molecule has 0 fully saturated rings. The van der Waals surface area contributed by atoms with Crippen molar-refractivity contribution < 1.29 is 38.0 Å². The van der Waals surface area contributed by atoms with E-state index in [-0.39, 0.29) is 0 Å². The minimum Gasteiger partial charge on any atom is -0.496 e. The summed E-state index contributed by atoms with van der Waals surface area (Å²) < 4.78 is 34.3. The van der Waals surface area contributed by atoms with Gasteiger partial charge in [0.05, 0.1) is 39.2 Å². The molecule has 0 N–H and O–H groups in total. The van der Waals surface area contributed by atoms with Crippen molar-refractivity contribution in [1.29, 1.82) is 0 Å². The summed E-state index contributed by atoms with van der Waals surface area (Å²) in [5, 5.41) is 2.54. The van der Waals surface area contributed by atoms with Crippen LogP contribution in [0.1, 0.15) is 25.0 Å². The van der Waals surface area contributed by atoms with Crippen LogP contribution >= 0.6 is 0 Å². The van der Waals surface area contributed by atoms with E-state index in [1.807, 2.05) is 38.1 Å². The van der Waals surface area contributed by atoms with Crippen LogP contribution in [-0.2, 0) is 9.59 Å². The number of carbonyl (C=O) groups is 2. The van der Waals surface area contributed by atoms with Crippen molar-refractivity contribution in [2.75, 3.05) is 28.4 Å². The van der Waals surface area contributed by atoms with Crippen LogP contribution < -0.4 is 28.4 Å². The monoisotopic (exact) mass is 518 g/mol. The summed E-state index contributed by atoms with van der Waals surface area (Å²) in [6.07, 6.45) is 0. The molecule has 0 aliphatic carbocycles. The lowest BCUT2D eigenvalue weighted by molar-refractivity contribution is -0.132. The van der Waals surface area contributed by atoms with Gasteiger partial charge in [-0.15, -0.1) is 0 Å². The molecule has 0 unspecified atom stereocenters. The number of aryl methyl sites for hydroxylation is 2. The molecule has 4 rings (SSSR count). The molecule has 0 aliphatic rings. The van der Waals surface area contributed by atoms with Crippen molar-refractivity contribution in [3.05, 3.63) is 47.5 Å². The summed E-state index contributed by atoms with van der Waals surface area (Å²) in [6.45, 7) is 6.48. The first-order chi connectivity index (χ1) is 18.2. The predicted molar refractivity (Wildman–Crippen MR) is 145 cm³/mol. The molecule has 8 nitrogen and oxygen atoms in total. The van der Waals surface area contributed by atoms with Gasteiger partial charge in [0.25, 0.3) is 0 Å². The fourth-order valence-corrected chi connectivity index (χ4v) is 4.97. The van der Waals surface area contributed by atoms with Gasteiger partial charge in [-0.3, -0.25) is 9.59 Å². The third-order valence-corrected chi connectivity index (χ3v) is 6.34. The maximum absolute atomic E-state index is 12.0. The molecular weight excluding hydrogens is 488 g/mol. The maximum Gasteiger partial charge on any atom is 0.308 e. The molecule has 0 atom stereocenters. The van der Waals surface area contributed by atoms with Crippen LogP contribution in [0.5, 0.6) is 34.5 Å². The number of hydrogen-bond donors (Lipinski definition) is 0. The van der Waals surface area contributed by atoms with Crippen LogP contribution in [0.25, 0.3) is 32.7 Å². The molecule has 0 bridgehead atoms. The number of esters is 2. The highest BCUT2D eigenvalue weighted by Gasteiger charge is 2.25. The van der Waals surface area contributed by atoms with Crippen LogP contribution in [0.2, 0.25) is 0 Å². The van der Waals surface area contributed by atoms with E-state index in [0.29, 0.717) is 56.0 Å². The van der Waals surface area contributed by atoms with E-state index >= 15 is 0 Å². The molecule has 0 aliphatic heterocycles. The fourth-order valence-electron chi connectivity index (χ4n) is 4.97. The van der Waals surface area contributed by atoms with E-state index < -0.39 is 11.9 Å². The molecule has 38 heavy (non-hydrogen) atoms. The van der Waals surface area contributed by atoms with Crippen LogP contribution in [0.15, 0.2) is 36.4 Å². The van der Waals surface area contributed by atoms with Crippen LogP contribution in [0, 0.1) is 13.8 Å². The number of benzene rings is 4. The minimum absolute atomic E-state index is 0.344. The molecule has 198 valence electrons. The molecule has 4 aromatic carbocycles. The number of fused-ring (bicyclic) bond motifs is 2. The molecule has 0 heterocycles. The molecular formula is C30H30O8. The summed E-state index contributed by atoms with van der Waals surface area (Å²) in [6, 6.07) is 10.9. The van der Waals surface area contributed by atoms with E-state index in [1.165, 1.54) is 13.8 Å². The second-order valence-corrected chi connectivity index (χ2v) is 8.77. The predicted octanol–water partition coefficient (Wildman–Crippen LogP) is 6.16. The van der Waals surface area contributed by atoms with Gasteiger partial charge in [0.2, 0.25) is 0 Å². The standard InChI is InChI=1S/C30H30O8/c1-15-13-23(33-5)25-19(9-11-21(37-17(3)31)27(25)29(15)35-7)20-10-12-22(38-18(4)32)28-26(20)24(34-6)14-16(2)30(28)36-8/h9-14H,1-8H3. The topological polar surface area (TPSA) is 89.5 Å². The van der Waals surface area contributed by atoms with Crippen LogP contribution in [-0.4, -0.2) is 40.4 Å². The number of rotatable bonds is 7. The van der Waals surface area contributed by atoms with Crippen molar-refractivity contribution in [1.82, 2.24) is 0 Å². The number of carbonyl (C=O) groups excluding carboxylic acids is 2. The second-order valence-electron chi connectivity index (χ2n) is 8.77. The molecule has 0 spiro atoms. The van der Waals surface area contributed by atoms with Crippen molar-refractivity contribution in [3.8, 4) is 45.6 Å². The summed E-state index contributed by atoms with van der Waals surface area (Å²) >= 11 is 0. The quantitative estimate of drug-likeness (QED) is 0.212. The largest absolute Gasteiger partial charge is 0.496 e. The molecule has 0 aromatic heterocycles. The SMILES string of the molecule is COc1cc(C)c(OC)c2c(OC(C)=O)ccc(-c3ccc(OC(C)=O)c4c(OC)c(C)cc(OC)c34)c12. The highest BCUT2D eigenvalue weighted by Crippen LogP contribution is 2.51. The second kappa shape index (κ2) is 10.5. The van der Waals surface area contributed by atoms with Gasteiger partial charge in [-0.2, -0.15) is 0 Å². The van der Waals surface area contributed by atoms with Gasteiger partial charge in [0.1, 0.15) is 34.5 Å². The Morgan fingerprint density at radius 2 is 0.895 bits per heavy atom. The number of methoxy groups -OCH3 is 4. The van der Waals surface area contributed by atoms with E-state index in [4.69, 9.17) is 28.4 Å². The first-order valence-electron chi connectivity index (χ1n) is 11.9. The highest BCUT2D eigenvalue weighted by molar-refractivity contribution is 6.15. The maximum atomic E-state index is 12.0.